The summed E-state index contributed by atoms with van der Waals surface area (Å²) in [6.45, 7) is 3.59. The molecule has 0 spiro atoms. The van der Waals surface area contributed by atoms with Gasteiger partial charge in [0.05, 0.1) is 0 Å². The fourth-order valence-electron chi connectivity index (χ4n) is 1.94. The molecule has 0 aliphatic heterocycles. The van der Waals surface area contributed by atoms with Gasteiger partial charge in [-0.05, 0) is 30.2 Å². The zero-order chi connectivity index (χ0) is 12.1. The van der Waals surface area contributed by atoms with Crippen molar-refractivity contribution < 1.29 is 4.79 Å². The molecule has 3 nitrogen and oxygen atoms in total. The normalized spacial score (nSPS) is 16.3. The van der Waals surface area contributed by atoms with E-state index in [1.165, 1.54) is 12.8 Å². The molecule has 2 N–H and O–H groups in total. The van der Waals surface area contributed by atoms with Crippen LogP contribution in [0.5, 0.6) is 0 Å². The first-order chi connectivity index (χ1) is 8.24. The fraction of sp³-hybridized carbons (Fsp3) is 0.500. The SMILES string of the molecule is CCC1(CNC(=O)NCc2ccccc2)CC1. The fourth-order valence-corrected chi connectivity index (χ4v) is 1.94. The molecular formula is C14H20N2O. The first-order valence-corrected chi connectivity index (χ1v) is 6.30. The van der Waals surface area contributed by atoms with E-state index >= 15 is 0 Å². The first kappa shape index (κ1) is 12.0. The van der Waals surface area contributed by atoms with Crippen LogP contribution in [0.1, 0.15) is 31.7 Å². The molecule has 1 aromatic rings. The Hall–Kier alpha value is -1.51. The summed E-state index contributed by atoms with van der Waals surface area (Å²) in [6, 6.07) is 9.88. The summed E-state index contributed by atoms with van der Waals surface area (Å²) in [5, 5.41) is 5.83. The molecule has 0 radical (unpaired) electrons. The molecule has 0 saturated heterocycles. The van der Waals surface area contributed by atoms with Crippen LogP contribution >= 0.6 is 0 Å². The second-order valence-corrected chi connectivity index (χ2v) is 4.88. The minimum absolute atomic E-state index is 0.0615. The standard InChI is InChI=1S/C14H20N2O/c1-2-14(8-9-14)11-16-13(17)15-10-12-6-4-3-5-7-12/h3-7H,2,8-11H2,1H3,(H2,15,16,17). The molecule has 0 heterocycles. The topological polar surface area (TPSA) is 41.1 Å². The quantitative estimate of drug-likeness (QED) is 0.805. The van der Waals surface area contributed by atoms with E-state index in [-0.39, 0.29) is 6.03 Å². The molecule has 0 bridgehead atoms. The average molecular weight is 232 g/mol. The summed E-state index contributed by atoms with van der Waals surface area (Å²) in [4.78, 5) is 11.6. The Morgan fingerprint density at radius 2 is 1.94 bits per heavy atom. The van der Waals surface area contributed by atoms with Gasteiger partial charge >= 0.3 is 6.03 Å². The molecule has 92 valence electrons. The van der Waals surface area contributed by atoms with E-state index in [1.54, 1.807) is 0 Å². The predicted molar refractivity (Wildman–Crippen MR) is 68.6 cm³/mol. The van der Waals surface area contributed by atoms with Crippen LogP contribution < -0.4 is 10.6 Å². The molecule has 1 aliphatic rings. The van der Waals surface area contributed by atoms with Gasteiger partial charge < -0.3 is 10.6 Å². The van der Waals surface area contributed by atoms with Crippen molar-refractivity contribution in [2.45, 2.75) is 32.7 Å². The largest absolute Gasteiger partial charge is 0.338 e. The van der Waals surface area contributed by atoms with Crippen molar-refractivity contribution in [3.8, 4) is 0 Å². The number of carbonyl (C=O) groups excluding carboxylic acids is 1. The maximum absolute atomic E-state index is 11.6. The van der Waals surface area contributed by atoms with Crippen LogP contribution in [-0.2, 0) is 6.54 Å². The van der Waals surface area contributed by atoms with Crippen molar-refractivity contribution in [2.75, 3.05) is 6.54 Å². The van der Waals surface area contributed by atoms with Gasteiger partial charge in [-0.2, -0.15) is 0 Å². The molecule has 1 saturated carbocycles. The number of hydrogen-bond acceptors (Lipinski definition) is 1. The summed E-state index contributed by atoms with van der Waals surface area (Å²) in [5.74, 6) is 0. The number of nitrogens with one attached hydrogen (secondary N) is 2. The van der Waals surface area contributed by atoms with Gasteiger partial charge in [-0.3, -0.25) is 0 Å². The van der Waals surface area contributed by atoms with Gasteiger partial charge in [-0.15, -0.1) is 0 Å². The van der Waals surface area contributed by atoms with E-state index in [2.05, 4.69) is 17.6 Å². The second-order valence-electron chi connectivity index (χ2n) is 4.88. The number of rotatable bonds is 5. The Labute approximate surface area is 103 Å². The Balaban J connectivity index is 1.68. The van der Waals surface area contributed by atoms with Gasteiger partial charge in [0.2, 0.25) is 0 Å². The van der Waals surface area contributed by atoms with Crippen LogP contribution in [0.25, 0.3) is 0 Å². The summed E-state index contributed by atoms with van der Waals surface area (Å²) < 4.78 is 0. The molecule has 1 aromatic carbocycles. The van der Waals surface area contributed by atoms with E-state index in [9.17, 15) is 4.79 Å². The third-order valence-corrected chi connectivity index (χ3v) is 3.63. The zero-order valence-corrected chi connectivity index (χ0v) is 10.3. The van der Waals surface area contributed by atoms with Crippen LogP contribution in [0.15, 0.2) is 30.3 Å². The van der Waals surface area contributed by atoms with Gasteiger partial charge in [-0.1, -0.05) is 37.3 Å². The Morgan fingerprint density at radius 3 is 2.53 bits per heavy atom. The molecule has 3 heteroatoms. The predicted octanol–water partition coefficient (Wildman–Crippen LogP) is 2.68. The van der Waals surface area contributed by atoms with Gasteiger partial charge in [0.25, 0.3) is 0 Å². The summed E-state index contributed by atoms with van der Waals surface area (Å²) in [7, 11) is 0. The first-order valence-electron chi connectivity index (χ1n) is 6.30. The number of carbonyl (C=O) groups is 1. The highest BCUT2D eigenvalue weighted by molar-refractivity contribution is 5.73. The monoisotopic (exact) mass is 232 g/mol. The summed E-state index contributed by atoms with van der Waals surface area (Å²) >= 11 is 0. The molecule has 1 fully saturated rings. The van der Waals surface area contributed by atoms with Crippen LogP contribution in [-0.4, -0.2) is 12.6 Å². The lowest BCUT2D eigenvalue weighted by Gasteiger charge is -2.14. The molecule has 2 amide bonds. The Bertz CT molecular complexity index is 371. The van der Waals surface area contributed by atoms with Crippen molar-refractivity contribution >= 4 is 6.03 Å². The van der Waals surface area contributed by atoms with Crippen LogP contribution in [0.3, 0.4) is 0 Å². The molecule has 0 atom stereocenters. The number of amides is 2. The van der Waals surface area contributed by atoms with Gasteiger partial charge in [0.1, 0.15) is 0 Å². The second kappa shape index (κ2) is 5.21. The van der Waals surface area contributed by atoms with Crippen molar-refractivity contribution in [1.29, 1.82) is 0 Å². The van der Waals surface area contributed by atoms with Crippen LogP contribution in [0.4, 0.5) is 4.79 Å². The smallest absolute Gasteiger partial charge is 0.315 e. The zero-order valence-electron chi connectivity index (χ0n) is 10.3. The van der Waals surface area contributed by atoms with Crippen LogP contribution in [0.2, 0.25) is 0 Å². The molecule has 17 heavy (non-hydrogen) atoms. The lowest BCUT2D eigenvalue weighted by Crippen LogP contribution is -2.38. The highest BCUT2D eigenvalue weighted by Gasteiger charge is 2.40. The molecule has 0 unspecified atom stereocenters. The third kappa shape index (κ3) is 3.48. The van der Waals surface area contributed by atoms with Gasteiger partial charge in [-0.25, -0.2) is 4.79 Å². The maximum Gasteiger partial charge on any atom is 0.315 e. The summed E-state index contributed by atoms with van der Waals surface area (Å²) in [6.07, 6.45) is 3.66. The van der Waals surface area contributed by atoms with Crippen LogP contribution in [0, 0.1) is 5.41 Å². The van der Waals surface area contributed by atoms with Gasteiger partial charge in [0.15, 0.2) is 0 Å². The Morgan fingerprint density at radius 1 is 1.24 bits per heavy atom. The third-order valence-electron chi connectivity index (χ3n) is 3.63. The van der Waals surface area contributed by atoms with Crippen molar-refractivity contribution in [3.05, 3.63) is 35.9 Å². The highest BCUT2D eigenvalue weighted by atomic mass is 16.2. The van der Waals surface area contributed by atoms with E-state index in [1.807, 2.05) is 30.3 Å². The van der Waals surface area contributed by atoms with Crippen molar-refractivity contribution in [3.63, 3.8) is 0 Å². The maximum atomic E-state index is 11.6. The molecule has 0 aromatic heterocycles. The minimum atomic E-state index is -0.0615. The van der Waals surface area contributed by atoms with E-state index in [0.717, 1.165) is 18.5 Å². The Kier molecular flexibility index (Phi) is 3.67. The molecule has 1 aliphatic carbocycles. The van der Waals surface area contributed by atoms with Gasteiger partial charge in [0, 0.05) is 13.1 Å². The number of urea groups is 1. The van der Waals surface area contributed by atoms with E-state index in [0.29, 0.717) is 12.0 Å². The van der Waals surface area contributed by atoms with E-state index < -0.39 is 0 Å². The number of hydrogen-bond donors (Lipinski definition) is 2. The molecular weight excluding hydrogens is 212 g/mol. The lowest BCUT2D eigenvalue weighted by atomic mass is 10.0. The minimum Gasteiger partial charge on any atom is -0.338 e. The summed E-state index contributed by atoms with van der Waals surface area (Å²) in [5.41, 5.74) is 1.53. The average Bonchev–Trinajstić information content (AvgIpc) is 3.16. The van der Waals surface area contributed by atoms with E-state index in [4.69, 9.17) is 0 Å². The van der Waals surface area contributed by atoms with Crippen molar-refractivity contribution in [1.82, 2.24) is 10.6 Å². The highest BCUT2D eigenvalue weighted by Crippen LogP contribution is 2.47. The number of benzene rings is 1. The molecule has 2 rings (SSSR count). The van der Waals surface area contributed by atoms with Crippen molar-refractivity contribution in [2.24, 2.45) is 5.41 Å². The lowest BCUT2D eigenvalue weighted by molar-refractivity contribution is 0.237.